The van der Waals surface area contributed by atoms with Gasteiger partial charge in [-0.05, 0) is 37.3 Å². The molecule has 0 fully saturated rings. The third kappa shape index (κ3) is 2.88. The molecule has 1 N–H and O–H groups in total. The zero-order valence-electron chi connectivity index (χ0n) is 12.0. The van der Waals surface area contributed by atoms with Crippen molar-refractivity contribution in [3.05, 3.63) is 77.7 Å². The molecule has 3 aromatic rings. The van der Waals surface area contributed by atoms with Crippen molar-refractivity contribution in [1.29, 1.82) is 0 Å². The number of aromatic nitrogens is 2. The maximum absolute atomic E-state index is 13.2. The Bertz CT molecular complexity index is 812. The molecule has 0 spiro atoms. The molecule has 2 aromatic carbocycles. The van der Waals surface area contributed by atoms with Crippen molar-refractivity contribution in [2.24, 2.45) is 0 Å². The fourth-order valence-corrected chi connectivity index (χ4v) is 2.17. The summed E-state index contributed by atoms with van der Waals surface area (Å²) in [6, 6.07) is 16.8. The normalized spacial score (nSPS) is 10.5. The molecule has 0 saturated carbocycles. The van der Waals surface area contributed by atoms with Crippen molar-refractivity contribution in [3.63, 3.8) is 0 Å². The van der Waals surface area contributed by atoms with Gasteiger partial charge in [0.15, 0.2) is 0 Å². The van der Waals surface area contributed by atoms with E-state index in [0.29, 0.717) is 5.82 Å². The zero-order chi connectivity index (χ0) is 15.5. The van der Waals surface area contributed by atoms with Gasteiger partial charge in [-0.2, -0.15) is 5.10 Å². The average molecular weight is 295 g/mol. The third-order valence-corrected chi connectivity index (χ3v) is 3.16. The fraction of sp³-hybridized carbons (Fsp3) is 0.0588. The van der Waals surface area contributed by atoms with Crippen molar-refractivity contribution in [1.82, 2.24) is 9.78 Å². The lowest BCUT2D eigenvalue weighted by atomic mass is 10.2. The monoisotopic (exact) mass is 295 g/mol. The number of halogens is 1. The minimum atomic E-state index is -0.444. The molecule has 0 atom stereocenters. The highest BCUT2D eigenvalue weighted by atomic mass is 19.1. The van der Waals surface area contributed by atoms with E-state index in [2.05, 4.69) is 10.4 Å². The molecule has 0 unspecified atom stereocenters. The van der Waals surface area contributed by atoms with Gasteiger partial charge in [0.2, 0.25) is 0 Å². The number of carbonyl (C=O) groups excluding carboxylic acids is 1. The molecule has 0 saturated heterocycles. The van der Waals surface area contributed by atoms with Gasteiger partial charge in [0, 0.05) is 11.6 Å². The van der Waals surface area contributed by atoms with Crippen molar-refractivity contribution < 1.29 is 9.18 Å². The number of rotatable bonds is 3. The lowest BCUT2D eigenvalue weighted by molar-refractivity contribution is 0.102. The van der Waals surface area contributed by atoms with E-state index in [1.807, 2.05) is 37.3 Å². The van der Waals surface area contributed by atoms with Crippen LogP contribution in [0.15, 0.2) is 60.7 Å². The highest BCUT2D eigenvalue weighted by molar-refractivity contribution is 6.03. The minimum Gasteiger partial charge on any atom is -0.306 e. The number of benzene rings is 2. The molecular weight excluding hydrogens is 281 g/mol. The van der Waals surface area contributed by atoms with Crippen LogP contribution in [-0.4, -0.2) is 15.7 Å². The molecule has 0 bridgehead atoms. The van der Waals surface area contributed by atoms with Crippen LogP contribution in [0.3, 0.4) is 0 Å². The molecule has 110 valence electrons. The topological polar surface area (TPSA) is 46.9 Å². The van der Waals surface area contributed by atoms with E-state index in [4.69, 9.17) is 0 Å². The second-order valence-electron chi connectivity index (χ2n) is 4.88. The number of aryl methyl sites for hydroxylation is 1. The van der Waals surface area contributed by atoms with Gasteiger partial charge >= 0.3 is 0 Å². The van der Waals surface area contributed by atoms with Crippen molar-refractivity contribution in [2.45, 2.75) is 6.92 Å². The Balaban J connectivity index is 1.92. The molecule has 0 aliphatic rings. The molecule has 0 aliphatic carbocycles. The van der Waals surface area contributed by atoms with Crippen LogP contribution in [0.2, 0.25) is 0 Å². The Morgan fingerprint density at radius 1 is 1.09 bits per heavy atom. The van der Waals surface area contributed by atoms with Crippen molar-refractivity contribution in [3.8, 4) is 5.69 Å². The van der Waals surface area contributed by atoms with Gasteiger partial charge in [-0.1, -0.05) is 24.3 Å². The number of amides is 1. The van der Waals surface area contributed by atoms with Crippen LogP contribution >= 0.6 is 0 Å². The molecule has 1 aromatic heterocycles. The van der Waals surface area contributed by atoms with Gasteiger partial charge in [0.25, 0.3) is 5.91 Å². The summed E-state index contributed by atoms with van der Waals surface area (Å²) in [5.41, 5.74) is 1.88. The molecule has 3 rings (SSSR count). The van der Waals surface area contributed by atoms with Crippen LogP contribution in [-0.2, 0) is 0 Å². The van der Waals surface area contributed by atoms with Crippen LogP contribution in [0.4, 0.5) is 10.2 Å². The number of hydrogen-bond acceptors (Lipinski definition) is 2. The number of nitrogens with zero attached hydrogens (tertiary/aromatic N) is 2. The predicted octanol–water partition coefficient (Wildman–Crippen LogP) is 3.57. The highest BCUT2D eigenvalue weighted by Gasteiger charge is 2.12. The standard InChI is InChI=1S/C17H14FN3O/c1-12-10-16(21(20-12)15-8-3-2-4-9-15)19-17(22)13-6-5-7-14(18)11-13/h2-11H,1H3,(H,19,22). The van der Waals surface area contributed by atoms with E-state index in [9.17, 15) is 9.18 Å². The van der Waals surface area contributed by atoms with Gasteiger partial charge in [0.05, 0.1) is 11.4 Å². The first-order chi connectivity index (χ1) is 10.6. The quantitative estimate of drug-likeness (QED) is 0.803. The number of nitrogens with one attached hydrogen (secondary N) is 1. The summed E-state index contributed by atoms with van der Waals surface area (Å²) in [6.07, 6.45) is 0. The number of hydrogen-bond donors (Lipinski definition) is 1. The number of anilines is 1. The predicted molar refractivity (Wildman–Crippen MR) is 82.7 cm³/mol. The van der Waals surface area contributed by atoms with E-state index < -0.39 is 5.82 Å². The third-order valence-electron chi connectivity index (χ3n) is 3.16. The average Bonchev–Trinajstić information content (AvgIpc) is 2.88. The fourth-order valence-electron chi connectivity index (χ4n) is 2.17. The van der Waals surface area contributed by atoms with Crippen molar-refractivity contribution in [2.75, 3.05) is 5.32 Å². The summed E-state index contributed by atoms with van der Waals surface area (Å²) >= 11 is 0. The van der Waals surface area contributed by atoms with Gasteiger partial charge in [-0.15, -0.1) is 0 Å². The number of carbonyl (C=O) groups is 1. The summed E-state index contributed by atoms with van der Waals surface area (Å²) in [5, 5.41) is 7.14. The first kappa shape index (κ1) is 14.0. The Hall–Kier alpha value is -2.95. The second kappa shape index (κ2) is 5.81. The first-order valence-corrected chi connectivity index (χ1v) is 6.82. The molecule has 0 aliphatic heterocycles. The lowest BCUT2D eigenvalue weighted by Crippen LogP contribution is -2.15. The van der Waals surface area contributed by atoms with Crippen LogP contribution in [0.1, 0.15) is 16.1 Å². The second-order valence-corrected chi connectivity index (χ2v) is 4.88. The molecular formula is C17H14FN3O. The molecule has 4 nitrogen and oxygen atoms in total. The lowest BCUT2D eigenvalue weighted by Gasteiger charge is -2.09. The van der Waals surface area contributed by atoms with Gasteiger partial charge in [-0.3, -0.25) is 4.79 Å². The molecule has 22 heavy (non-hydrogen) atoms. The van der Waals surface area contributed by atoms with E-state index in [-0.39, 0.29) is 11.5 Å². The largest absolute Gasteiger partial charge is 0.306 e. The Labute approximate surface area is 127 Å². The Kier molecular flexibility index (Phi) is 3.70. The van der Waals surface area contributed by atoms with Crippen LogP contribution in [0.5, 0.6) is 0 Å². The van der Waals surface area contributed by atoms with Gasteiger partial charge in [0.1, 0.15) is 11.6 Å². The molecule has 0 radical (unpaired) electrons. The summed E-state index contributed by atoms with van der Waals surface area (Å²) in [5.74, 6) is -0.282. The maximum atomic E-state index is 13.2. The minimum absolute atomic E-state index is 0.262. The van der Waals surface area contributed by atoms with Crippen molar-refractivity contribution >= 4 is 11.7 Å². The SMILES string of the molecule is Cc1cc(NC(=O)c2cccc(F)c2)n(-c2ccccc2)n1. The van der Waals surface area contributed by atoms with E-state index >= 15 is 0 Å². The van der Waals surface area contributed by atoms with Gasteiger partial charge < -0.3 is 5.32 Å². The number of para-hydroxylation sites is 1. The Morgan fingerprint density at radius 2 is 1.86 bits per heavy atom. The highest BCUT2D eigenvalue weighted by Crippen LogP contribution is 2.18. The maximum Gasteiger partial charge on any atom is 0.256 e. The van der Waals surface area contributed by atoms with Crippen LogP contribution in [0, 0.1) is 12.7 Å². The van der Waals surface area contributed by atoms with Crippen LogP contribution in [0.25, 0.3) is 5.69 Å². The summed E-state index contributed by atoms with van der Waals surface area (Å²) in [7, 11) is 0. The molecule has 5 heteroatoms. The van der Waals surface area contributed by atoms with Gasteiger partial charge in [-0.25, -0.2) is 9.07 Å². The van der Waals surface area contributed by atoms with Crippen LogP contribution < -0.4 is 5.32 Å². The summed E-state index contributed by atoms with van der Waals surface area (Å²) in [4.78, 5) is 12.2. The summed E-state index contributed by atoms with van der Waals surface area (Å²) in [6.45, 7) is 1.84. The smallest absolute Gasteiger partial charge is 0.256 e. The molecule has 1 amide bonds. The van der Waals surface area contributed by atoms with E-state index in [1.54, 1.807) is 16.8 Å². The Morgan fingerprint density at radius 3 is 2.59 bits per heavy atom. The first-order valence-electron chi connectivity index (χ1n) is 6.82. The van der Waals surface area contributed by atoms with E-state index in [1.165, 1.54) is 18.2 Å². The molecule has 1 heterocycles. The summed E-state index contributed by atoms with van der Waals surface area (Å²) < 4.78 is 14.9. The van der Waals surface area contributed by atoms with E-state index in [0.717, 1.165) is 11.4 Å². The zero-order valence-corrected chi connectivity index (χ0v) is 12.0.